The van der Waals surface area contributed by atoms with Crippen molar-refractivity contribution in [3.63, 3.8) is 0 Å². The van der Waals surface area contributed by atoms with E-state index in [2.05, 4.69) is 97.9 Å². The first-order chi connectivity index (χ1) is 26.1. The first kappa shape index (κ1) is 31.3. The van der Waals surface area contributed by atoms with Crippen LogP contribution in [0.5, 0.6) is 0 Å². The Morgan fingerprint density at radius 2 is 1.50 bits per heavy atom. The molecule has 0 aliphatic rings. The number of pyridine rings is 2. The van der Waals surface area contributed by atoms with Crippen LogP contribution < -0.4 is 0 Å². The molecule has 0 spiro atoms. The summed E-state index contributed by atoms with van der Waals surface area (Å²) >= 11 is 0. The maximum atomic E-state index is 7.23. The molecule has 5 aromatic carbocycles. The maximum Gasteiger partial charge on any atom is 0.168 e. The number of rotatable bonds is 5. The summed E-state index contributed by atoms with van der Waals surface area (Å²) in [5.41, 5.74) is 10.7. The Hall–Kier alpha value is -5.42. The topological polar surface area (TPSA) is 56.7 Å². The summed E-state index contributed by atoms with van der Waals surface area (Å²) < 4.78 is 30.5. The van der Waals surface area contributed by atoms with E-state index >= 15 is 0 Å². The fourth-order valence-corrected chi connectivity index (χ4v) is 6.73. The number of benzene rings is 5. The average Bonchev–Trinajstić information content (AvgIpc) is 3.75. The van der Waals surface area contributed by atoms with Gasteiger partial charge in [-0.1, -0.05) is 105 Å². The van der Waals surface area contributed by atoms with Crippen molar-refractivity contribution in [3.05, 3.63) is 156 Å². The van der Waals surface area contributed by atoms with Crippen molar-refractivity contribution in [1.29, 1.82) is 0 Å². The number of imidazole rings is 1. The van der Waals surface area contributed by atoms with Gasteiger partial charge in [0, 0.05) is 46.9 Å². The minimum Gasteiger partial charge on any atom is -0.501 e. The normalized spacial score (nSPS) is 12.5. The van der Waals surface area contributed by atoms with E-state index in [4.69, 9.17) is 18.5 Å². The van der Waals surface area contributed by atoms with Crippen molar-refractivity contribution in [2.24, 2.45) is 0 Å². The molecule has 9 aromatic rings. The van der Waals surface area contributed by atoms with E-state index in [9.17, 15) is 0 Å². The Morgan fingerprint density at radius 3 is 2.23 bits per heavy atom. The summed E-state index contributed by atoms with van der Waals surface area (Å²) in [7, 11) is 0. The Morgan fingerprint density at radius 1 is 0.731 bits per heavy atom. The van der Waals surface area contributed by atoms with Crippen LogP contribution in [0, 0.1) is 19.0 Å². The summed E-state index contributed by atoms with van der Waals surface area (Å²) in [6, 6.07) is 46.6. The third-order valence-electron chi connectivity index (χ3n) is 9.23. The summed E-state index contributed by atoms with van der Waals surface area (Å²) in [4.78, 5) is 14.3. The van der Waals surface area contributed by atoms with E-state index in [-0.39, 0.29) is 25.7 Å². The van der Waals surface area contributed by atoms with E-state index < -0.39 is 6.85 Å². The monoisotopic (exact) mass is 858 g/mol. The predicted octanol–water partition coefficient (Wildman–Crippen LogP) is 12.0. The first-order valence-electron chi connectivity index (χ1n) is 18.8. The molecule has 0 atom stereocenters. The van der Waals surface area contributed by atoms with Crippen LogP contribution in [0.2, 0.25) is 0 Å². The molecule has 0 fully saturated rings. The van der Waals surface area contributed by atoms with E-state index in [1.165, 1.54) is 23.0 Å². The quantitative estimate of drug-likeness (QED) is 0.162. The van der Waals surface area contributed by atoms with Gasteiger partial charge in [-0.15, -0.1) is 54.1 Å². The Bertz CT molecular complexity index is 2740. The molecule has 1 radical (unpaired) electrons. The van der Waals surface area contributed by atoms with E-state index in [0.717, 1.165) is 61.0 Å². The molecule has 6 heteroatoms. The number of fused-ring (bicyclic) bond motifs is 5. The van der Waals surface area contributed by atoms with Gasteiger partial charge in [-0.05, 0) is 59.3 Å². The molecule has 52 heavy (non-hydrogen) atoms. The Labute approximate surface area is 322 Å². The summed E-state index contributed by atoms with van der Waals surface area (Å²) in [6.45, 7) is 6.91. The van der Waals surface area contributed by atoms with Crippen LogP contribution in [0.25, 0.3) is 72.3 Å². The van der Waals surface area contributed by atoms with Crippen molar-refractivity contribution < 1.29 is 28.6 Å². The second-order valence-corrected chi connectivity index (χ2v) is 13.3. The average molecular weight is 858 g/mol. The summed E-state index contributed by atoms with van der Waals surface area (Å²) in [6.07, 6.45) is 1.39. The van der Waals surface area contributed by atoms with Crippen LogP contribution >= 0.6 is 0 Å². The van der Waals surface area contributed by atoms with Gasteiger partial charge in [-0.25, -0.2) is 4.98 Å². The predicted molar refractivity (Wildman–Crippen MR) is 209 cm³/mol. The van der Waals surface area contributed by atoms with Gasteiger partial charge >= 0.3 is 0 Å². The molecule has 0 unspecified atom stereocenters. The molecular formula is C46H38IrN4O-2. The smallest absolute Gasteiger partial charge is 0.168 e. The third kappa shape index (κ3) is 6.45. The standard InChI is InChI=1S/C34H28N3O.C12H10N.Ir/c1-20(2)23-13-9-14-24(21(3)4)31(23)37-29-19-22-11-5-7-17-28(22)35-33(29)36-34(37)27-16-10-15-26-25-12-6-8-18-30(25)38-32(26)27;1-10-7-8-12(13-9-10)11-5-3-2-4-6-11;/h5-15,17-21H,1-4H3;2-5,7-9H,1H3;/q2*-1;/i;1D3;. The number of hydrogen-bond donors (Lipinski definition) is 0. The zero-order valence-electron chi connectivity index (χ0n) is 32.3. The molecule has 0 aliphatic carbocycles. The number of hydrogen-bond acceptors (Lipinski definition) is 4. The van der Waals surface area contributed by atoms with Crippen molar-refractivity contribution >= 4 is 44.0 Å². The Balaban J connectivity index is 0.000000231. The van der Waals surface area contributed by atoms with Crippen LogP contribution in [0.15, 0.2) is 132 Å². The second-order valence-electron chi connectivity index (χ2n) is 13.3. The van der Waals surface area contributed by atoms with E-state index in [1.54, 1.807) is 18.2 Å². The van der Waals surface area contributed by atoms with Gasteiger partial charge in [0.15, 0.2) is 5.65 Å². The second kappa shape index (κ2) is 14.7. The molecule has 9 rings (SSSR count). The summed E-state index contributed by atoms with van der Waals surface area (Å²) in [5, 5.41) is 3.24. The number of furan rings is 1. The van der Waals surface area contributed by atoms with Crippen LogP contribution in [-0.2, 0) is 20.1 Å². The van der Waals surface area contributed by atoms with Crippen LogP contribution in [-0.4, -0.2) is 19.5 Å². The number of para-hydroxylation sites is 3. The van der Waals surface area contributed by atoms with Crippen molar-refractivity contribution in [2.45, 2.75) is 46.4 Å². The molecule has 5 nitrogen and oxygen atoms in total. The first-order valence-corrected chi connectivity index (χ1v) is 17.3. The van der Waals surface area contributed by atoms with E-state index in [1.807, 2.05) is 54.6 Å². The number of aromatic nitrogens is 4. The van der Waals surface area contributed by atoms with Crippen LogP contribution in [0.4, 0.5) is 0 Å². The van der Waals surface area contributed by atoms with Crippen molar-refractivity contribution in [3.8, 4) is 28.3 Å². The van der Waals surface area contributed by atoms with Gasteiger partial charge in [0.1, 0.15) is 5.58 Å². The molecule has 4 aromatic heterocycles. The molecule has 0 amide bonds. The number of aryl methyl sites for hydroxylation is 1. The van der Waals surface area contributed by atoms with Gasteiger partial charge in [0.05, 0.1) is 22.4 Å². The van der Waals surface area contributed by atoms with E-state index in [0.29, 0.717) is 17.5 Å². The van der Waals surface area contributed by atoms with Crippen LogP contribution in [0.1, 0.15) is 60.3 Å². The zero-order valence-corrected chi connectivity index (χ0v) is 31.7. The molecule has 0 saturated heterocycles. The third-order valence-corrected chi connectivity index (χ3v) is 9.23. The molecule has 4 heterocycles. The van der Waals surface area contributed by atoms with Gasteiger partial charge in [0.25, 0.3) is 0 Å². The molecular weight excluding hydrogens is 817 g/mol. The number of nitrogens with zero attached hydrogens (tertiary/aromatic N) is 4. The fraction of sp³-hybridized carbons (Fsp3) is 0.152. The van der Waals surface area contributed by atoms with Gasteiger partial charge in [-0.2, -0.15) is 0 Å². The van der Waals surface area contributed by atoms with Gasteiger partial charge in [0.2, 0.25) is 0 Å². The van der Waals surface area contributed by atoms with Crippen molar-refractivity contribution in [2.75, 3.05) is 0 Å². The van der Waals surface area contributed by atoms with Crippen LogP contribution in [0.3, 0.4) is 0 Å². The molecule has 0 N–H and O–H groups in total. The molecule has 0 aliphatic heterocycles. The van der Waals surface area contributed by atoms with Gasteiger partial charge in [-0.3, -0.25) is 4.98 Å². The molecule has 0 bridgehead atoms. The van der Waals surface area contributed by atoms with Crippen molar-refractivity contribution in [1.82, 2.24) is 19.5 Å². The zero-order chi connectivity index (χ0) is 37.6. The minimum atomic E-state index is -2.09. The van der Waals surface area contributed by atoms with Gasteiger partial charge < -0.3 is 14.0 Å². The summed E-state index contributed by atoms with van der Waals surface area (Å²) in [5.74, 6) is 1.45. The minimum absolute atomic E-state index is 0. The molecule has 0 saturated carbocycles. The molecule has 259 valence electrons. The fourth-order valence-electron chi connectivity index (χ4n) is 6.73. The largest absolute Gasteiger partial charge is 0.501 e. The Kier molecular flexibility index (Phi) is 8.84. The maximum absolute atomic E-state index is 7.23. The SMILES string of the molecule is CC(C)c1cccc(C(C)C)c1-n1c(-c2[c-]ccc3c2oc2ccccc23)nc2nc3ccccc3cc21.[2H]C([2H])([2H])c1ccc(-c2[c-]cccc2)nc1.[Ir].